The van der Waals surface area contributed by atoms with Gasteiger partial charge in [-0.1, -0.05) is 60.2 Å². The highest BCUT2D eigenvalue weighted by Gasteiger charge is 2.12. The van der Waals surface area contributed by atoms with Crippen molar-refractivity contribution >= 4 is 68.1 Å². The molecule has 0 aliphatic heterocycles. The van der Waals surface area contributed by atoms with E-state index in [2.05, 4.69) is 96.4 Å². The summed E-state index contributed by atoms with van der Waals surface area (Å²) in [5.41, 5.74) is 18.3. The lowest BCUT2D eigenvalue weighted by atomic mass is 9.90. The predicted molar refractivity (Wildman–Crippen MR) is 184 cm³/mol. The molecule has 1 aromatic heterocycles. The largest absolute Gasteiger partial charge is 0.404 e. The molecule has 4 N–H and O–H groups in total. The van der Waals surface area contributed by atoms with Gasteiger partial charge in [-0.3, -0.25) is 9.98 Å². The highest BCUT2D eigenvalue weighted by Crippen LogP contribution is 2.38. The molecular formula is C35H32N4S2. The van der Waals surface area contributed by atoms with Crippen LogP contribution in [0.3, 0.4) is 0 Å². The first-order chi connectivity index (χ1) is 20.1. The molecule has 5 aromatic rings. The molecule has 0 aliphatic carbocycles. The zero-order chi connectivity index (χ0) is 28.6. The first-order valence-electron chi connectivity index (χ1n) is 13.3. The summed E-state index contributed by atoms with van der Waals surface area (Å²) >= 11 is 3.34. The predicted octanol–water partition coefficient (Wildman–Crippen LogP) is 9.02. The molecule has 5 rings (SSSR count). The number of rotatable bonds is 10. The van der Waals surface area contributed by atoms with Gasteiger partial charge in [-0.25, -0.2) is 0 Å². The number of nitrogens with zero attached hydrogens (tertiary/aromatic N) is 2. The van der Waals surface area contributed by atoms with Crippen molar-refractivity contribution in [2.75, 3.05) is 5.75 Å². The molecule has 0 saturated carbocycles. The summed E-state index contributed by atoms with van der Waals surface area (Å²) in [6.45, 7) is 5.60. The summed E-state index contributed by atoms with van der Waals surface area (Å²) in [4.78, 5) is 8.29. The highest BCUT2D eigenvalue weighted by molar-refractivity contribution is 8.02. The van der Waals surface area contributed by atoms with Gasteiger partial charge in [0.2, 0.25) is 0 Å². The molecule has 41 heavy (non-hydrogen) atoms. The average molecular weight is 573 g/mol. The number of thioether (sulfide) groups is 2. The van der Waals surface area contributed by atoms with Gasteiger partial charge in [0.05, 0.1) is 0 Å². The summed E-state index contributed by atoms with van der Waals surface area (Å²) in [7, 11) is 0. The Morgan fingerprint density at radius 2 is 1.56 bits per heavy atom. The number of aromatic nitrogens is 1. The van der Waals surface area contributed by atoms with Gasteiger partial charge in [-0.05, 0) is 97.2 Å². The minimum absolute atomic E-state index is 0.827. The quantitative estimate of drug-likeness (QED) is 0.0992. The van der Waals surface area contributed by atoms with Crippen LogP contribution in [0.2, 0.25) is 0 Å². The standard InChI is InChI=1S/C35H32N4S2/c1-24(22-40-13-11-36)15-28(19-37)26-7-9-32-33-10-8-27(29-16-25(20-39-21-29)23-41-14-12-38-2)18-35(33)31-6-4-3-5-30(31)34(32)17-26/h3-21H,2,22-23,36-37H2,1H3/b13-11-,14-12-,24-15+,28-19+. The van der Waals surface area contributed by atoms with E-state index in [4.69, 9.17) is 11.5 Å². The van der Waals surface area contributed by atoms with Crippen molar-refractivity contribution in [2.24, 2.45) is 16.5 Å². The van der Waals surface area contributed by atoms with E-state index < -0.39 is 0 Å². The van der Waals surface area contributed by atoms with Crippen LogP contribution in [-0.4, -0.2) is 17.5 Å². The number of hydrogen-bond acceptors (Lipinski definition) is 6. The van der Waals surface area contributed by atoms with E-state index in [0.717, 1.165) is 33.8 Å². The lowest BCUT2D eigenvalue weighted by Crippen LogP contribution is -1.92. The Morgan fingerprint density at radius 1 is 0.829 bits per heavy atom. The van der Waals surface area contributed by atoms with Crippen LogP contribution in [0.25, 0.3) is 49.0 Å². The van der Waals surface area contributed by atoms with Crippen LogP contribution >= 0.6 is 23.5 Å². The maximum atomic E-state index is 6.11. The van der Waals surface area contributed by atoms with Gasteiger partial charge in [-0.2, -0.15) is 0 Å². The van der Waals surface area contributed by atoms with E-state index in [9.17, 15) is 0 Å². The average Bonchev–Trinajstić information content (AvgIpc) is 3.02. The van der Waals surface area contributed by atoms with Crippen LogP contribution in [0, 0.1) is 0 Å². The van der Waals surface area contributed by atoms with Crippen LogP contribution in [0.4, 0.5) is 0 Å². The smallest absolute Gasteiger partial charge is 0.0346 e. The first-order valence-corrected chi connectivity index (χ1v) is 15.4. The zero-order valence-electron chi connectivity index (χ0n) is 23.0. The van der Waals surface area contributed by atoms with E-state index in [1.807, 2.05) is 23.2 Å². The van der Waals surface area contributed by atoms with Crippen LogP contribution in [-0.2, 0) is 5.75 Å². The Balaban J connectivity index is 1.59. The SMILES string of the molecule is C=N/C=C\SCc1cncc(-c2ccc3c4ccc(C(/C=C(\C)CS/C=C\N)=C/N)cc4c4ccccc4c3c2)c1. The first kappa shape index (κ1) is 28.3. The second-order valence-electron chi connectivity index (χ2n) is 9.68. The Morgan fingerprint density at radius 3 is 2.29 bits per heavy atom. The molecule has 0 amide bonds. The third-order valence-corrected chi connectivity index (χ3v) is 8.66. The van der Waals surface area contributed by atoms with Crippen LogP contribution in [0.15, 0.2) is 125 Å². The van der Waals surface area contributed by atoms with Gasteiger partial charge >= 0.3 is 0 Å². The summed E-state index contributed by atoms with van der Waals surface area (Å²) < 4.78 is 0. The Kier molecular flexibility index (Phi) is 9.24. The fraction of sp³-hybridized carbons (Fsp3) is 0.0857. The molecule has 4 aromatic carbocycles. The van der Waals surface area contributed by atoms with E-state index >= 15 is 0 Å². The van der Waals surface area contributed by atoms with E-state index in [1.165, 1.54) is 43.5 Å². The van der Waals surface area contributed by atoms with E-state index in [0.29, 0.717) is 0 Å². The summed E-state index contributed by atoms with van der Waals surface area (Å²) in [5.74, 6) is 1.68. The van der Waals surface area contributed by atoms with Crippen molar-refractivity contribution in [3.8, 4) is 11.1 Å². The Labute approximate surface area is 249 Å². The number of aliphatic imine (C=N–C) groups is 1. The Hall–Kier alpha value is -4.26. The summed E-state index contributed by atoms with van der Waals surface area (Å²) in [6, 6.07) is 24.3. The molecule has 0 spiro atoms. The van der Waals surface area contributed by atoms with Gasteiger partial charge < -0.3 is 11.5 Å². The van der Waals surface area contributed by atoms with Crippen LogP contribution in [0.5, 0.6) is 0 Å². The highest BCUT2D eigenvalue weighted by atomic mass is 32.2. The third kappa shape index (κ3) is 6.40. The molecule has 6 heteroatoms. The molecule has 0 radical (unpaired) electrons. The van der Waals surface area contributed by atoms with Gasteiger partial charge in [0.25, 0.3) is 0 Å². The van der Waals surface area contributed by atoms with Crippen molar-refractivity contribution in [3.63, 3.8) is 0 Å². The molecule has 4 nitrogen and oxygen atoms in total. The molecule has 0 atom stereocenters. The van der Waals surface area contributed by atoms with Crippen molar-refractivity contribution in [1.29, 1.82) is 0 Å². The zero-order valence-corrected chi connectivity index (χ0v) is 24.6. The second-order valence-corrected chi connectivity index (χ2v) is 11.5. The van der Waals surface area contributed by atoms with Crippen LogP contribution < -0.4 is 11.5 Å². The molecule has 0 fully saturated rings. The summed E-state index contributed by atoms with van der Waals surface area (Å²) in [5, 5.41) is 11.2. The van der Waals surface area contributed by atoms with Crippen molar-refractivity contribution in [2.45, 2.75) is 12.7 Å². The van der Waals surface area contributed by atoms with E-state index in [-0.39, 0.29) is 0 Å². The Bertz CT molecular complexity index is 1830. The van der Waals surface area contributed by atoms with Gasteiger partial charge in [0.1, 0.15) is 0 Å². The fourth-order valence-corrected chi connectivity index (χ4v) is 6.21. The molecule has 0 aliphatic rings. The lowest BCUT2D eigenvalue weighted by molar-refractivity contribution is 1.25. The molecule has 0 saturated heterocycles. The number of allylic oxidation sites excluding steroid dienone is 2. The maximum Gasteiger partial charge on any atom is 0.0346 e. The van der Waals surface area contributed by atoms with Gasteiger partial charge in [0.15, 0.2) is 0 Å². The van der Waals surface area contributed by atoms with Crippen LogP contribution in [0.1, 0.15) is 18.1 Å². The maximum absolute atomic E-state index is 6.11. The number of nitrogens with two attached hydrogens (primary N) is 2. The monoisotopic (exact) mass is 572 g/mol. The molecule has 204 valence electrons. The molecule has 1 heterocycles. The topological polar surface area (TPSA) is 77.3 Å². The third-order valence-electron chi connectivity index (χ3n) is 6.88. The molecule has 0 unspecified atom stereocenters. The number of hydrogen-bond donors (Lipinski definition) is 2. The normalized spacial score (nSPS) is 12.8. The van der Waals surface area contributed by atoms with Gasteiger partial charge in [-0.15, -0.1) is 23.5 Å². The second kappa shape index (κ2) is 13.4. The number of pyridine rings is 1. The van der Waals surface area contributed by atoms with Crippen molar-refractivity contribution < 1.29 is 0 Å². The van der Waals surface area contributed by atoms with Crippen molar-refractivity contribution in [3.05, 3.63) is 131 Å². The minimum atomic E-state index is 0.827. The van der Waals surface area contributed by atoms with E-state index in [1.54, 1.807) is 42.1 Å². The number of fused-ring (bicyclic) bond motifs is 6. The van der Waals surface area contributed by atoms with Gasteiger partial charge in [0, 0.05) is 48.1 Å². The molecular weight excluding hydrogens is 541 g/mol. The summed E-state index contributed by atoms with van der Waals surface area (Å²) in [6.07, 6.45) is 11.0. The minimum Gasteiger partial charge on any atom is -0.404 e. The lowest BCUT2D eigenvalue weighted by Gasteiger charge is -2.14. The fourth-order valence-electron chi connectivity index (χ4n) is 5.04. The molecule has 0 bridgehead atoms. The number of benzene rings is 4. The van der Waals surface area contributed by atoms with Crippen molar-refractivity contribution in [1.82, 2.24) is 4.98 Å².